The summed E-state index contributed by atoms with van der Waals surface area (Å²) in [6.45, 7) is 5.05. The Kier molecular flexibility index (Phi) is 6.62. The molecule has 192 valence electrons. The van der Waals surface area contributed by atoms with Crippen molar-refractivity contribution in [3.8, 4) is 17.0 Å². The van der Waals surface area contributed by atoms with E-state index in [9.17, 15) is 0 Å². The maximum atomic E-state index is 6.70. The molecule has 1 fully saturated rings. The number of hydrogen-bond acceptors (Lipinski definition) is 7. The van der Waals surface area contributed by atoms with Gasteiger partial charge < -0.3 is 15.4 Å². The van der Waals surface area contributed by atoms with Crippen LogP contribution in [-0.4, -0.2) is 57.9 Å². The minimum absolute atomic E-state index is 0.545. The van der Waals surface area contributed by atoms with Gasteiger partial charge in [-0.05, 0) is 23.3 Å². The number of piperazine rings is 1. The van der Waals surface area contributed by atoms with Crippen LogP contribution in [0.25, 0.3) is 22.3 Å². The molecule has 38 heavy (non-hydrogen) atoms. The first kappa shape index (κ1) is 23.9. The molecule has 1 aliphatic heterocycles. The normalized spacial score (nSPS) is 14.2. The average molecular weight is 506 g/mol. The van der Waals surface area contributed by atoms with E-state index in [0.717, 1.165) is 60.7 Å². The zero-order valence-corrected chi connectivity index (χ0v) is 21.5. The van der Waals surface area contributed by atoms with Gasteiger partial charge in [-0.2, -0.15) is 4.98 Å². The summed E-state index contributed by atoms with van der Waals surface area (Å²) in [7, 11) is 1.67. The Labute approximate surface area is 222 Å². The second kappa shape index (κ2) is 10.5. The van der Waals surface area contributed by atoms with Crippen LogP contribution in [-0.2, 0) is 13.1 Å². The van der Waals surface area contributed by atoms with E-state index < -0.39 is 0 Å². The molecule has 5 aromatic rings. The summed E-state index contributed by atoms with van der Waals surface area (Å²) in [4.78, 5) is 14.7. The molecule has 3 aromatic carbocycles. The third-order valence-electron chi connectivity index (χ3n) is 7.07. The van der Waals surface area contributed by atoms with Gasteiger partial charge >= 0.3 is 0 Å². The molecule has 2 aromatic heterocycles. The first-order chi connectivity index (χ1) is 18.7. The minimum atomic E-state index is 0.545. The molecule has 2 N–H and O–H groups in total. The van der Waals surface area contributed by atoms with Gasteiger partial charge in [0.2, 0.25) is 5.95 Å². The Morgan fingerprint density at radius 1 is 0.763 bits per heavy atom. The first-order valence-corrected chi connectivity index (χ1v) is 12.9. The lowest BCUT2D eigenvalue weighted by Crippen LogP contribution is -2.46. The molecular formula is C30H31N7O. The number of nitrogens with zero attached hydrogens (tertiary/aromatic N) is 6. The monoisotopic (exact) mass is 505 g/mol. The fourth-order valence-electron chi connectivity index (χ4n) is 5.04. The fraction of sp³-hybridized carbons (Fsp3) is 0.233. The molecular weight excluding hydrogens is 474 g/mol. The van der Waals surface area contributed by atoms with Gasteiger partial charge in [-0.15, -0.1) is 5.10 Å². The lowest BCUT2D eigenvalue weighted by molar-refractivity contribution is 0.249. The summed E-state index contributed by atoms with van der Waals surface area (Å²) in [5.41, 5.74) is 11.4. The smallest absolute Gasteiger partial charge is 0.228 e. The number of fused-ring (bicyclic) bond motifs is 1. The summed E-state index contributed by atoms with van der Waals surface area (Å²) < 4.78 is 7.51. The average Bonchev–Trinajstić information content (AvgIpc) is 3.28. The van der Waals surface area contributed by atoms with E-state index in [1.165, 1.54) is 5.56 Å². The first-order valence-electron chi connectivity index (χ1n) is 12.9. The maximum Gasteiger partial charge on any atom is 0.228 e. The molecule has 0 radical (unpaired) electrons. The van der Waals surface area contributed by atoms with Crippen molar-refractivity contribution in [1.82, 2.24) is 24.6 Å². The Morgan fingerprint density at radius 3 is 2.08 bits per heavy atom. The van der Waals surface area contributed by atoms with Gasteiger partial charge in [0.05, 0.1) is 24.7 Å². The number of methoxy groups -OCH3 is 1. The Hall–Kier alpha value is -4.43. The van der Waals surface area contributed by atoms with Crippen molar-refractivity contribution in [3.63, 3.8) is 0 Å². The van der Waals surface area contributed by atoms with Gasteiger partial charge in [-0.3, -0.25) is 4.90 Å². The van der Waals surface area contributed by atoms with Crippen molar-refractivity contribution in [3.05, 3.63) is 96.1 Å². The number of aromatic nitrogens is 4. The lowest BCUT2D eigenvalue weighted by atomic mass is 10.1. The Balaban J connectivity index is 1.36. The van der Waals surface area contributed by atoms with Gasteiger partial charge in [-0.1, -0.05) is 72.8 Å². The number of hydrogen-bond donors (Lipinski definition) is 1. The van der Waals surface area contributed by atoms with Crippen LogP contribution in [0.5, 0.6) is 5.75 Å². The van der Waals surface area contributed by atoms with Crippen molar-refractivity contribution in [2.45, 2.75) is 13.1 Å². The lowest BCUT2D eigenvalue weighted by Gasteiger charge is -2.34. The molecule has 8 nitrogen and oxygen atoms in total. The molecule has 0 unspecified atom stereocenters. The van der Waals surface area contributed by atoms with Crippen LogP contribution < -0.4 is 15.4 Å². The van der Waals surface area contributed by atoms with Gasteiger partial charge in [0, 0.05) is 38.3 Å². The molecule has 1 aliphatic rings. The Morgan fingerprint density at radius 2 is 1.39 bits per heavy atom. The van der Waals surface area contributed by atoms with Gasteiger partial charge in [-0.25, -0.2) is 9.67 Å². The summed E-state index contributed by atoms with van der Waals surface area (Å²) in [6.07, 6.45) is 0. The number of ether oxygens (including phenoxy) is 1. The van der Waals surface area contributed by atoms with Crippen molar-refractivity contribution < 1.29 is 4.74 Å². The number of nitrogens with two attached hydrogens (primary N) is 1. The van der Waals surface area contributed by atoms with Crippen LogP contribution in [0.1, 0.15) is 11.1 Å². The fourth-order valence-corrected chi connectivity index (χ4v) is 5.04. The highest BCUT2D eigenvalue weighted by molar-refractivity contribution is 6.00. The number of rotatable bonds is 7. The SMILES string of the molecule is COc1ccccc1-c1nc(N2CCN(Cc3ccccc3)CC2)nc2nn(Cc3ccccc3)c(N)c12. The number of nitrogen functional groups attached to an aromatic ring is 1. The van der Waals surface area contributed by atoms with Crippen LogP contribution in [0.15, 0.2) is 84.9 Å². The van der Waals surface area contributed by atoms with E-state index in [2.05, 4.69) is 52.3 Å². The molecule has 1 saturated heterocycles. The quantitative estimate of drug-likeness (QED) is 0.350. The van der Waals surface area contributed by atoms with Gasteiger partial charge in [0.25, 0.3) is 0 Å². The van der Waals surface area contributed by atoms with Crippen LogP contribution in [0.4, 0.5) is 11.8 Å². The molecule has 6 rings (SSSR count). The topological polar surface area (TPSA) is 85.3 Å². The van der Waals surface area contributed by atoms with Crippen LogP contribution >= 0.6 is 0 Å². The van der Waals surface area contributed by atoms with Crippen molar-refractivity contribution >= 4 is 22.8 Å². The standard InChI is InChI=1S/C30H31N7O/c1-38-25-15-9-8-14-24(25)27-26-28(31)37(21-23-12-6-3-7-13-23)34-29(26)33-30(32-27)36-18-16-35(17-19-36)20-22-10-4-2-5-11-22/h2-15H,16-21,31H2,1H3. The van der Waals surface area contributed by atoms with Gasteiger partial charge in [0.15, 0.2) is 5.65 Å². The summed E-state index contributed by atoms with van der Waals surface area (Å²) in [5.74, 6) is 1.95. The molecule has 0 amide bonds. The predicted molar refractivity (Wildman–Crippen MR) is 151 cm³/mol. The summed E-state index contributed by atoms with van der Waals surface area (Å²) in [6, 6.07) is 28.7. The second-order valence-electron chi connectivity index (χ2n) is 9.55. The maximum absolute atomic E-state index is 6.70. The number of anilines is 2. The number of benzene rings is 3. The predicted octanol–water partition coefficient (Wildman–Crippen LogP) is 4.45. The summed E-state index contributed by atoms with van der Waals surface area (Å²) >= 11 is 0. The van der Waals surface area contributed by atoms with E-state index in [0.29, 0.717) is 24.0 Å². The Bertz CT molecular complexity index is 1530. The zero-order chi connectivity index (χ0) is 25.9. The van der Waals surface area contributed by atoms with Gasteiger partial charge in [0.1, 0.15) is 11.6 Å². The van der Waals surface area contributed by atoms with E-state index in [1.54, 1.807) is 7.11 Å². The van der Waals surface area contributed by atoms with Crippen LogP contribution in [0.3, 0.4) is 0 Å². The van der Waals surface area contributed by atoms with E-state index in [1.807, 2.05) is 47.1 Å². The van der Waals surface area contributed by atoms with Crippen molar-refractivity contribution in [2.75, 3.05) is 43.9 Å². The largest absolute Gasteiger partial charge is 0.496 e. The molecule has 0 bridgehead atoms. The van der Waals surface area contributed by atoms with Crippen LogP contribution in [0.2, 0.25) is 0 Å². The highest BCUT2D eigenvalue weighted by atomic mass is 16.5. The molecule has 3 heterocycles. The third kappa shape index (κ3) is 4.78. The minimum Gasteiger partial charge on any atom is -0.496 e. The second-order valence-corrected chi connectivity index (χ2v) is 9.55. The molecule has 8 heteroatoms. The summed E-state index contributed by atoms with van der Waals surface area (Å²) in [5, 5.41) is 5.59. The van der Waals surface area contributed by atoms with Crippen molar-refractivity contribution in [2.24, 2.45) is 0 Å². The number of para-hydroxylation sites is 1. The zero-order valence-electron chi connectivity index (χ0n) is 21.5. The van der Waals surface area contributed by atoms with Crippen molar-refractivity contribution in [1.29, 1.82) is 0 Å². The molecule has 0 aliphatic carbocycles. The highest BCUT2D eigenvalue weighted by Gasteiger charge is 2.25. The third-order valence-corrected chi connectivity index (χ3v) is 7.07. The van der Waals surface area contributed by atoms with E-state index in [-0.39, 0.29) is 0 Å². The molecule has 0 spiro atoms. The van der Waals surface area contributed by atoms with Crippen LogP contribution in [0, 0.1) is 0 Å². The van der Waals surface area contributed by atoms with E-state index >= 15 is 0 Å². The molecule has 0 atom stereocenters. The van der Waals surface area contributed by atoms with E-state index in [4.69, 9.17) is 25.5 Å². The molecule has 0 saturated carbocycles. The highest BCUT2D eigenvalue weighted by Crippen LogP contribution is 2.37.